The zero-order chi connectivity index (χ0) is 11.2. The first kappa shape index (κ1) is 11.1. The van der Waals surface area contributed by atoms with E-state index in [4.69, 9.17) is 4.52 Å². The summed E-state index contributed by atoms with van der Waals surface area (Å²) in [6, 6.07) is 1.98. The summed E-state index contributed by atoms with van der Waals surface area (Å²) < 4.78 is 5.21. The summed E-state index contributed by atoms with van der Waals surface area (Å²) in [4.78, 5) is 4.01. The van der Waals surface area contributed by atoms with Crippen molar-refractivity contribution in [3.05, 3.63) is 24.2 Å². The molecule has 0 amide bonds. The second-order valence-corrected chi connectivity index (χ2v) is 4.17. The summed E-state index contributed by atoms with van der Waals surface area (Å²) >= 11 is 0. The first-order valence-corrected chi connectivity index (χ1v) is 6.10. The predicted octanol–water partition coefficient (Wildman–Crippen LogP) is 3.74. The Morgan fingerprint density at radius 2 is 2.06 bits per heavy atom. The first-order chi connectivity index (χ1) is 7.92. The maximum absolute atomic E-state index is 5.21. The van der Waals surface area contributed by atoms with Crippen LogP contribution in [0.1, 0.15) is 44.7 Å². The van der Waals surface area contributed by atoms with E-state index in [2.05, 4.69) is 17.1 Å². The molecule has 0 atom stereocenters. The highest BCUT2D eigenvalue weighted by Crippen LogP contribution is 2.18. The van der Waals surface area contributed by atoms with Crippen molar-refractivity contribution in [1.82, 2.24) is 10.1 Å². The van der Waals surface area contributed by atoms with E-state index in [1.54, 1.807) is 12.4 Å². The topological polar surface area (TPSA) is 38.9 Å². The number of rotatable bonds is 6. The largest absolute Gasteiger partial charge is 0.354 e. The maximum atomic E-state index is 5.21. The van der Waals surface area contributed by atoms with Crippen molar-refractivity contribution in [3.8, 4) is 0 Å². The van der Waals surface area contributed by atoms with Gasteiger partial charge in [-0.2, -0.15) is 0 Å². The number of hydrogen-bond acceptors (Lipinski definition) is 3. The fourth-order valence-corrected chi connectivity index (χ4v) is 1.92. The summed E-state index contributed by atoms with van der Waals surface area (Å²) in [7, 11) is 0. The lowest BCUT2D eigenvalue weighted by atomic mass is 10.1. The summed E-state index contributed by atoms with van der Waals surface area (Å²) in [5.41, 5.74) is 1.87. The third-order valence-corrected chi connectivity index (χ3v) is 2.87. The highest BCUT2D eigenvalue weighted by Gasteiger charge is 2.06. The molecule has 2 aromatic heterocycles. The van der Waals surface area contributed by atoms with Crippen LogP contribution >= 0.6 is 0 Å². The molecule has 0 aliphatic rings. The minimum Gasteiger partial charge on any atom is -0.354 e. The van der Waals surface area contributed by atoms with Gasteiger partial charge in [0.15, 0.2) is 5.58 Å². The molecule has 0 radical (unpaired) electrons. The molecule has 16 heavy (non-hydrogen) atoms. The van der Waals surface area contributed by atoms with Crippen molar-refractivity contribution in [2.75, 3.05) is 0 Å². The Morgan fingerprint density at radius 3 is 2.94 bits per heavy atom. The van der Waals surface area contributed by atoms with Gasteiger partial charge in [-0.25, -0.2) is 0 Å². The molecular formula is C13H18N2O. The van der Waals surface area contributed by atoms with E-state index in [-0.39, 0.29) is 0 Å². The molecule has 0 saturated carbocycles. The Kier molecular flexibility index (Phi) is 3.91. The van der Waals surface area contributed by atoms with Crippen LogP contribution in [-0.4, -0.2) is 10.1 Å². The van der Waals surface area contributed by atoms with Crippen LogP contribution in [0.25, 0.3) is 11.0 Å². The first-order valence-electron chi connectivity index (χ1n) is 6.10. The predicted molar refractivity (Wildman–Crippen MR) is 64.3 cm³/mol. The molecule has 2 aromatic rings. The van der Waals surface area contributed by atoms with E-state index in [1.807, 2.05) is 6.07 Å². The monoisotopic (exact) mass is 218 g/mol. The second kappa shape index (κ2) is 5.64. The molecular weight excluding hydrogens is 200 g/mol. The Labute approximate surface area is 95.9 Å². The molecule has 2 heterocycles. The number of nitrogens with zero attached hydrogens (tertiary/aromatic N) is 2. The van der Waals surface area contributed by atoms with Gasteiger partial charge in [-0.1, -0.05) is 37.8 Å². The van der Waals surface area contributed by atoms with Crippen LogP contribution in [0.15, 0.2) is 23.0 Å². The normalized spacial score (nSPS) is 11.1. The van der Waals surface area contributed by atoms with Crippen molar-refractivity contribution in [2.45, 2.75) is 45.4 Å². The molecule has 0 spiro atoms. The SMILES string of the molecule is CCCCCCCc1noc2cnccc12. The van der Waals surface area contributed by atoms with Gasteiger partial charge in [-0.3, -0.25) is 4.98 Å². The zero-order valence-corrected chi connectivity index (χ0v) is 9.78. The summed E-state index contributed by atoms with van der Waals surface area (Å²) in [5.74, 6) is 0. The van der Waals surface area contributed by atoms with Crippen molar-refractivity contribution in [2.24, 2.45) is 0 Å². The summed E-state index contributed by atoms with van der Waals surface area (Å²) in [6.07, 6.45) is 11.0. The number of unbranched alkanes of at least 4 members (excludes halogenated alkanes) is 4. The van der Waals surface area contributed by atoms with Gasteiger partial charge < -0.3 is 4.52 Å². The number of aryl methyl sites for hydroxylation is 1. The fourth-order valence-electron chi connectivity index (χ4n) is 1.92. The zero-order valence-electron chi connectivity index (χ0n) is 9.78. The Balaban J connectivity index is 1.89. The van der Waals surface area contributed by atoms with Crippen LogP contribution in [-0.2, 0) is 6.42 Å². The highest BCUT2D eigenvalue weighted by atomic mass is 16.5. The van der Waals surface area contributed by atoms with Crippen molar-refractivity contribution < 1.29 is 4.52 Å². The van der Waals surface area contributed by atoms with Crippen molar-refractivity contribution in [3.63, 3.8) is 0 Å². The maximum Gasteiger partial charge on any atom is 0.185 e. The van der Waals surface area contributed by atoms with Crippen molar-refractivity contribution >= 4 is 11.0 Å². The van der Waals surface area contributed by atoms with Crippen LogP contribution in [0.5, 0.6) is 0 Å². The second-order valence-electron chi connectivity index (χ2n) is 4.17. The molecule has 86 valence electrons. The van der Waals surface area contributed by atoms with Gasteiger partial charge in [0.1, 0.15) is 0 Å². The fraction of sp³-hybridized carbons (Fsp3) is 0.538. The molecule has 0 N–H and O–H groups in total. The minimum absolute atomic E-state index is 0.797. The quantitative estimate of drug-likeness (QED) is 0.693. The van der Waals surface area contributed by atoms with E-state index in [0.29, 0.717) is 0 Å². The molecule has 0 unspecified atom stereocenters. The summed E-state index contributed by atoms with van der Waals surface area (Å²) in [6.45, 7) is 2.23. The molecule has 3 nitrogen and oxygen atoms in total. The van der Waals surface area contributed by atoms with Crippen LogP contribution in [0.4, 0.5) is 0 Å². The lowest BCUT2D eigenvalue weighted by Crippen LogP contribution is -1.87. The molecule has 0 fully saturated rings. The van der Waals surface area contributed by atoms with E-state index >= 15 is 0 Å². The number of hydrogen-bond donors (Lipinski definition) is 0. The molecule has 0 aliphatic heterocycles. The lowest BCUT2D eigenvalue weighted by Gasteiger charge is -1.97. The van der Waals surface area contributed by atoms with Crippen LogP contribution in [0, 0.1) is 0 Å². The standard InChI is InChI=1S/C13H18N2O/c1-2-3-4-5-6-7-12-11-8-9-14-10-13(11)16-15-12/h8-10H,2-7H2,1H3. The average Bonchev–Trinajstić information content (AvgIpc) is 2.73. The van der Waals surface area contributed by atoms with Gasteiger partial charge in [0.2, 0.25) is 0 Å². The van der Waals surface area contributed by atoms with Crippen molar-refractivity contribution in [1.29, 1.82) is 0 Å². The molecule has 3 heteroatoms. The minimum atomic E-state index is 0.797. The Hall–Kier alpha value is -1.38. The smallest absolute Gasteiger partial charge is 0.185 e. The van der Waals surface area contributed by atoms with Crippen LogP contribution in [0.2, 0.25) is 0 Å². The molecule has 0 saturated heterocycles. The third-order valence-electron chi connectivity index (χ3n) is 2.87. The van der Waals surface area contributed by atoms with E-state index in [9.17, 15) is 0 Å². The van der Waals surface area contributed by atoms with E-state index in [1.165, 1.54) is 32.1 Å². The van der Waals surface area contributed by atoms with E-state index in [0.717, 1.165) is 23.1 Å². The molecule has 2 rings (SSSR count). The van der Waals surface area contributed by atoms with Gasteiger partial charge in [-0.15, -0.1) is 0 Å². The van der Waals surface area contributed by atoms with Gasteiger partial charge in [0.25, 0.3) is 0 Å². The number of aromatic nitrogens is 2. The molecule has 0 bridgehead atoms. The van der Waals surface area contributed by atoms with Crippen LogP contribution < -0.4 is 0 Å². The summed E-state index contributed by atoms with van der Waals surface area (Å²) in [5, 5.41) is 5.21. The highest BCUT2D eigenvalue weighted by molar-refractivity contribution is 5.78. The van der Waals surface area contributed by atoms with Gasteiger partial charge in [0, 0.05) is 11.6 Å². The van der Waals surface area contributed by atoms with Gasteiger partial charge >= 0.3 is 0 Å². The molecule has 0 aromatic carbocycles. The number of pyridine rings is 1. The number of fused-ring (bicyclic) bond motifs is 1. The lowest BCUT2D eigenvalue weighted by molar-refractivity contribution is 0.443. The average molecular weight is 218 g/mol. The Bertz CT molecular complexity index is 436. The molecule has 0 aliphatic carbocycles. The van der Waals surface area contributed by atoms with Gasteiger partial charge in [-0.05, 0) is 18.9 Å². The third kappa shape index (κ3) is 2.60. The van der Waals surface area contributed by atoms with E-state index < -0.39 is 0 Å². The van der Waals surface area contributed by atoms with Gasteiger partial charge in [0.05, 0.1) is 11.9 Å². The Morgan fingerprint density at radius 1 is 1.19 bits per heavy atom. The van der Waals surface area contributed by atoms with Crippen LogP contribution in [0.3, 0.4) is 0 Å².